The van der Waals surface area contributed by atoms with Crippen LogP contribution in [0.5, 0.6) is 5.75 Å². The third kappa shape index (κ3) is 4.63. The fourth-order valence-corrected chi connectivity index (χ4v) is 3.84. The molecule has 0 saturated heterocycles. The highest BCUT2D eigenvalue weighted by atomic mass is 32.2. The summed E-state index contributed by atoms with van der Waals surface area (Å²) < 4.78 is 28.4. The molecule has 1 N–H and O–H groups in total. The molecule has 0 heterocycles. The Labute approximate surface area is 123 Å². The predicted octanol–water partition coefficient (Wildman–Crippen LogP) is 4.05. The highest BCUT2D eigenvalue weighted by Gasteiger charge is 2.26. The zero-order valence-electron chi connectivity index (χ0n) is 11.6. The van der Waals surface area contributed by atoms with Gasteiger partial charge in [0, 0.05) is 17.8 Å². The average molecular weight is 301 g/mol. The van der Waals surface area contributed by atoms with E-state index in [-0.39, 0.29) is 5.75 Å². The zero-order chi connectivity index (χ0) is 14.4. The monoisotopic (exact) mass is 301 g/mol. The van der Waals surface area contributed by atoms with Crippen molar-refractivity contribution in [2.45, 2.75) is 50.6 Å². The first-order chi connectivity index (χ1) is 9.69. The van der Waals surface area contributed by atoms with Gasteiger partial charge in [-0.25, -0.2) is 0 Å². The van der Waals surface area contributed by atoms with Crippen molar-refractivity contribution in [2.24, 2.45) is 0 Å². The summed E-state index contributed by atoms with van der Waals surface area (Å²) in [6.45, 7) is 0.214. The van der Waals surface area contributed by atoms with E-state index in [4.69, 9.17) is 0 Å². The largest absolute Gasteiger partial charge is 0.435 e. The first-order valence-electron chi connectivity index (χ1n) is 7.07. The molecule has 2 atom stereocenters. The minimum absolute atomic E-state index is 0.212. The van der Waals surface area contributed by atoms with E-state index in [1.165, 1.54) is 19.3 Å². The summed E-state index contributed by atoms with van der Waals surface area (Å²) in [6, 6.07) is 7.42. The lowest BCUT2D eigenvalue weighted by Gasteiger charge is -2.20. The predicted molar refractivity (Wildman–Crippen MR) is 79.5 cm³/mol. The molecule has 112 valence electrons. The summed E-state index contributed by atoms with van der Waals surface area (Å²) >= 11 is 2.03. The minimum Gasteiger partial charge on any atom is -0.435 e. The number of halogens is 2. The van der Waals surface area contributed by atoms with E-state index in [2.05, 4.69) is 17.0 Å². The van der Waals surface area contributed by atoms with Crippen LogP contribution in [0.15, 0.2) is 24.3 Å². The topological polar surface area (TPSA) is 21.3 Å². The Hall–Kier alpha value is -0.810. The summed E-state index contributed by atoms with van der Waals surface area (Å²) in [6.07, 6.45) is 3.80. The Bertz CT molecular complexity index is 399. The summed E-state index contributed by atoms with van der Waals surface area (Å²) in [5.74, 6) is 1.37. The maximum atomic E-state index is 12.1. The van der Waals surface area contributed by atoms with Gasteiger partial charge in [0.15, 0.2) is 0 Å². The third-order valence-electron chi connectivity index (χ3n) is 3.55. The molecule has 2 nitrogen and oxygen atoms in total. The van der Waals surface area contributed by atoms with Gasteiger partial charge < -0.3 is 10.1 Å². The molecule has 20 heavy (non-hydrogen) atoms. The lowest BCUT2D eigenvalue weighted by molar-refractivity contribution is -0.0498. The van der Waals surface area contributed by atoms with Crippen molar-refractivity contribution < 1.29 is 13.5 Å². The average Bonchev–Trinajstić information content (AvgIpc) is 2.85. The van der Waals surface area contributed by atoms with E-state index in [1.807, 2.05) is 23.9 Å². The number of thioether (sulfide) groups is 1. The van der Waals surface area contributed by atoms with E-state index in [1.54, 1.807) is 12.1 Å². The first-order valence-corrected chi connectivity index (χ1v) is 8.12. The molecule has 1 saturated carbocycles. The van der Waals surface area contributed by atoms with Crippen molar-refractivity contribution in [3.8, 4) is 5.75 Å². The first kappa shape index (κ1) is 15.6. The maximum absolute atomic E-state index is 12.1. The molecule has 2 unspecified atom stereocenters. The van der Waals surface area contributed by atoms with Crippen molar-refractivity contribution in [1.29, 1.82) is 0 Å². The number of nitrogens with one attached hydrogen (secondary N) is 1. The van der Waals surface area contributed by atoms with Crippen molar-refractivity contribution in [3.05, 3.63) is 29.8 Å². The molecule has 1 aliphatic rings. The van der Waals surface area contributed by atoms with E-state index >= 15 is 0 Å². The molecule has 0 aliphatic heterocycles. The molecule has 0 amide bonds. The quantitative estimate of drug-likeness (QED) is 0.821. The molecule has 0 aromatic heterocycles. The van der Waals surface area contributed by atoms with Gasteiger partial charge in [0.05, 0.1) is 0 Å². The normalized spacial score (nSPS) is 22.4. The van der Waals surface area contributed by atoms with E-state index in [9.17, 15) is 8.78 Å². The van der Waals surface area contributed by atoms with Gasteiger partial charge in [-0.2, -0.15) is 20.5 Å². The summed E-state index contributed by atoms with van der Waals surface area (Å²) in [5, 5.41) is 4.29. The molecule has 1 aromatic rings. The maximum Gasteiger partial charge on any atom is 0.387 e. The molecule has 0 spiro atoms. The van der Waals surface area contributed by atoms with Gasteiger partial charge in [-0.05, 0) is 36.3 Å². The van der Waals surface area contributed by atoms with Crippen LogP contribution in [-0.4, -0.2) is 23.7 Å². The second kappa shape index (κ2) is 7.84. The standard InChI is InChI=1S/C15H21F2NOS/c1-2-20-14-5-3-4-13(14)18-10-11-6-8-12(9-7-11)19-15(16)17/h6-9,13-15,18H,2-5,10H2,1H3. The molecule has 0 radical (unpaired) electrons. The summed E-state index contributed by atoms with van der Waals surface area (Å²) in [7, 11) is 0. The van der Waals surface area contributed by atoms with Crippen LogP contribution in [0.25, 0.3) is 0 Å². The molecular weight excluding hydrogens is 280 g/mol. The van der Waals surface area contributed by atoms with Gasteiger partial charge in [0.2, 0.25) is 0 Å². The van der Waals surface area contributed by atoms with Crippen LogP contribution in [0.1, 0.15) is 31.7 Å². The van der Waals surface area contributed by atoms with Gasteiger partial charge in [-0.15, -0.1) is 0 Å². The summed E-state index contributed by atoms with van der Waals surface area (Å²) in [5.41, 5.74) is 1.10. The van der Waals surface area contributed by atoms with Crippen LogP contribution in [0.4, 0.5) is 8.78 Å². The lowest BCUT2D eigenvalue weighted by atomic mass is 10.2. The van der Waals surface area contributed by atoms with Crippen LogP contribution in [-0.2, 0) is 6.54 Å². The zero-order valence-corrected chi connectivity index (χ0v) is 12.5. The second-order valence-electron chi connectivity index (χ2n) is 4.93. The number of hydrogen-bond acceptors (Lipinski definition) is 3. The van der Waals surface area contributed by atoms with Crippen molar-refractivity contribution >= 4 is 11.8 Å². The molecule has 1 aromatic carbocycles. The van der Waals surface area contributed by atoms with Crippen LogP contribution < -0.4 is 10.1 Å². The third-order valence-corrected chi connectivity index (χ3v) is 4.88. The fourth-order valence-electron chi connectivity index (χ4n) is 2.61. The number of rotatable bonds is 7. The van der Waals surface area contributed by atoms with Crippen LogP contribution in [0.3, 0.4) is 0 Å². The van der Waals surface area contributed by atoms with Gasteiger partial charge in [-0.3, -0.25) is 0 Å². The summed E-state index contributed by atoms with van der Waals surface area (Å²) in [4.78, 5) is 0. The molecule has 0 bridgehead atoms. The highest BCUT2D eigenvalue weighted by Crippen LogP contribution is 2.30. The Kier molecular flexibility index (Phi) is 6.10. The van der Waals surface area contributed by atoms with E-state index in [0.717, 1.165) is 17.9 Å². The Morgan fingerprint density at radius 3 is 2.70 bits per heavy atom. The Morgan fingerprint density at radius 1 is 1.30 bits per heavy atom. The fraction of sp³-hybridized carbons (Fsp3) is 0.600. The second-order valence-corrected chi connectivity index (χ2v) is 6.45. The van der Waals surface area contributed by atoms with Crippen molar-refractivity contribution in [1.82, 2.24) is 5.32 Å². The van der Waals surface area contributed by atoms with Crippen LogP contribution in [0, 0.1) is 0 Å². The molecule has 2 rings (SSSR count). The van der Waals surface area contributed by atoms with Gasteiger partial charge in [0.25, 0.3) is 0 Å². The number of ether oxygens (including phenoxy) is 1. The van der Waals surface area contributed by atoms with Gasteiger partial charge in [0.1, 0.15) is 5.75 Å². The molecular formula is C15H21F2NOS. The smallest absolute Gasteiger partial charge is 0.387 e. The molecule has 1 aliphatic carbocycles. The highest BCUT2D eigenvalue weighted by molar-refractivity contribution is 7.99. The molecule has 1 fully saturated rings. The van der Waals surface area contributed by atoms with Gasteiger partial charge in [-0.1, -0.05) is 25.5 Å². The van der Waals surface area contributed by atoms with Crippen LogP contribution in [0.2, 0.25) is 0 Å². The van der Waals surface area contributed by atoms with Crippen LogP contribution >= 0.6 is 11.8 Å². The number of alkyl halides is 2. The Balaban J connectivity index is 1.81. The molecule has 5 heteroatoms. The minimum atomic E-state index is -2.76. The van der Waals surface area contributed by atoms with E-state index < -0.39 is 6.61 Å². The van der Waals surface area contributed by atoms with Crippen molar-refractivity contribution in [2.75, 3.05) is 5.75 Å². The Morgan fingerprint density at radius 2 is 2.05 bits per heavy atom. The lowest BCUT2D eigenvalue weighted by Crippen LogP contribution is -2.33. The number of benzene rings is 1. The SMILES string of the molecule is CCSC1CCCC1NCc1ccc(OC(F)F)cc1. The van der Waals surface area contributed by atoms with Gasteiger partial charge >= 0.3 is 6.61 Å². The number of hydrogen-bond donors (Lipinski definition) is 1. The van der Waals surface area contributed by atoms with Crippen molar-refractivity contribution in [3.63, 3.8) is 0 Å². The van der Waals surface area contributed by atoms with E-state index in [0.29, 0.717) is 11.3 Å².